The molecule has 0 aliphatic carbocycles. The van der Waals surface area contributed by atoms with Gasteiger partial charge in [0.05, 0.1) is 28.9 Å². The molecule has 11 heteroatoms. The van der Waals surface area contributed by atoms with Gasteiger partial charge in [0.1, 0.15) is 11.4 Å². The van der Waals surface area contributed by atoms with E-state index in [0.29, 0.717) is 28.4 Å². The second-order valence-corrected chi connectivity index (χ2v) is 8.63. The standard InChI is InChI=1S/C21H21Cl2N5O4/c1-5-31-13-8-6-12(7-9-13)26(20(29)32-21(2,3)4)19-15-16(22)17(23)28(30)18(15)25-14-10-11-24-27(14)19/h6-11,30H,5H2,1-4H3. The van der Waals surface area contributed by atoms with E-state index in [1.807, 2.05) is 6.92 Å². The molecule has 9 nitrogen and oxygen atoms in total. The molecule has 1 N–H and O–H groups in total. The lowest BCUT2D eigenvalue weighted by Crippen LogP contribution is -2.35. The summed E-state index contributed by atoms with van der Waals surface area (Å²) in [6, 6.07) is 8.52. The van der Waals surface area contributed by atoms with Crippen molar-refractivity contribution < 1.29 is 19.5 Å². The highest BCUT2D eigenvalue weighted by Gasteiger charge is 2.32. The first-order valence-corrected chi connectivity index (χ1v) is 10.6. The number of ether oxygens (including phenoxy) is 2. The van der Waals surface area contributed by atoms with Gasteiger partial charge >= 0.3 is 6.09 Å². The van der Waals surface area contributed by atoms with Crippen molar-refractivity contribution in [2.24, 2.45) is 0 Å². The highest BCUT2D eigenvalue weighted by molar-refractivity contribution is 6.46. The SMILES string of the molecule is CCOc1ccc(N(C(=O)OC(C)(C)C)c2c3c(Cl)c(Cl)n(O)c3nc3ccnn23)cc1. The number of hydrogen-bond acceptors (Lipinski definition) is 6. The first kappa shape index (κ1) is 22.0. The summed E-state index contributed by atoms with van der Waals surface area (Å²) in [6.07, 6.45) is 0.844. The Bertz CT molecular complexity index is 1310. The lowest BCUT2D eigenvalue weighted by atomic mass is 10.2. The number of aromatic nitrogens is 4. The summed E-state index contributed by atoms with van der Waals surface area (Å²) in [7, 11) is 0. The van der Waals surface area contributed by atoms with Crippen LogP contribution in [0.25, 0.3) is 16.7 Å². The van der Waals surface area contributed by atoms with E-state index in [4.69, 9.17) is 32.7 Å². The van der Waals surface area contributed by atoms with Gasteiger partial charge in [0.15, 0.2) is 22.3 Å². The summed E-state index contributed by atoms with van der Waals surface area (Å²) in [5.74, 6) is 0.861. The van der Waals surface area contributed by atoms with Crippen LogP contribution in [0, 0.1) is 0 Å². The summed E-state index contributed by atoms with van der Waals surface area (Å²) in [6.45, 7) is 7.68. The summed E-state index contributed by atoms with van der Waals surface area (Å²) in [5.41, 5.74) is 0.126. The van der Waals surface area contributed by atoms with Gasteiger partial charge in [-0.05, 0) is 52.0 Å². The topological polar surface area (TPSA) is 94.1 Å². The van der Waals surface area contributed by atoms with Crippen LogP contribution < -0.4 is 9.64 Å². The van der Waals surface area contributed by atoms with Crippen molar-refractivity contribution in [2.45, 2.75) is 33.3 Å². The fraction of sp³-hybridized carbons (Fsp3) is 0.286. The van der Waals surface area contributed by atoms with Gasteiger partial charge in [0.25, 0.3) is 0 Å². The van der Waals surface area contributed by atoms with Crippen molar-refractivity contribution in [1.29, 1.82) is 0 Å². The molecule has 3 aromatic heterocycles. The zero-order valence-corrected chi connectivity index (χ0v) is 19.3. The number of halogens is 2. The van der Waals surface area contributed by atoms with Crippen molar-refractivity contribution in [3.63, 3.8) is 0 Å². The molecule has 32 heavy (non-hydrogen) atoms. The minimum Gasteiger partial charge on any atom is -0.494 e. The predicted molar refractivity (Wildman–Crippen MR) is 122 cm³/mol. The molecule has 0 saturated heterocycles. The van der Waals surface area contributed by atoms with Crippen molar-refractivity contribution in [3.8, 4) is 5.75 Å². The number of hydrogen-bond donors (Lipinski definition) is 1. The molecular formula is C21H21Cl2N5O4. The van der Waals surface area contributed by atoms with Crippen LogP contribution >= 0.6 is 23.2 Å². The van der Waals surface area contributed by atoms with Crippen LogP contribution in [0.2, 0.25) is 10.2 Å². The number of amides is 1. The number of carbonyl (C=O) groups excluding carboxylic acids is 1. The van der Waals surface area contributed by atoms with Gasteiger partial charge in [-0.2, -0.15) is 14.3 Å². The number of benzene rings is 1. The molecule has 0 fully saturated rings. The van der Waals surface area contributed by atoms with E-state index in [-0.39, 0.29) is 27.0 Å². The Morgan fingerprint density at radius 2 is 1.88 bits per heavy atom. The molecule has 4 aromatic rings. The van der Waals surface area contributed by atoms with Crippen molar-refractivity contribution in [1.82, 2.24) is 19.3 Å². The second kappa shape index (κ2) is 8.07. The number of nitrogens with zero attached hydrogens (tertiary/aromatic N) is 5. The monoisotopic (exact) mass is 477 g/mol. The molecule has 0 atom stereocenters. The third-order valence-electron chi connectivity index (χ3n) is 4.47. The van der Waals surface area contributed by atoms with E-state index in [0.717, 1.165) is 0 Å². The summed E-state index contributed by atoms with van der Waals surface area (Å²) in [5, 5.41) is 14.8. The number of rotatable bonds is 4. The fourth-order valence-electron chi connectivity index (χ4n) is 3.24. The van der Waals surface area contributed by atoms with Gasteiger partial charge in [0.2, 0.25) is 0 Å². The smallest absolute Gasteiger partial charge is 0.420 e. The number of fused-ring (bicyclic) bond motifs is 2. The van der Waals surface area contributed by atoms with E-state index in [2.05, 4.69) is 10.1 Å². The normalized spacial score (nSPS) is 11.8. The fourth-order valence-corrected chi connectivity index (χ4v) is 3.66. The van der Waals surface area contributed by atoms with Crippen LogP contribution in [0.5, 0.6) is 5.75 Å². The van der Waals surface area contributed by atoms with Crippen LogP contribution in [0.1, 0.15) is 27.7 Å². The average molecular weight is 478 g/mol. The average Bonchev–Trinajstić information content (AvgIpc) is 3.27. The maximum atomic E-state index is 13.4. The Morgan fingerprint density at radius 1 is 1.19 bits per heavy atom. The molecule has 1 amide bonds. The van der Waals surface area contributed by atoms with Crippen LogP contribution in [-0.2, 0) is 4.74 Å². The van der Waals surface area contributed by atoms with Gasteiger partial charge in [-0.15, -0.1) is 0 Å². The maximum Gasteiger partial charge on any atom is 0.420 e. The van der Waals surface area contributed by atoms with Crippen LogP contribution in [-0.4, -0.2) is 42.8 Å². The Hall–Kier alpha value is -3.17. The molecule has 0 spiro atoms. The highest BCUT2D eigenvalue weighted by atomic mass is 35.5. The molecule has 1 aromatic carbocycles. The van der Waals surface area contributed by atoms with Crippen LogP contribution in [0.3, 0.4) is 0 Å². The van der Waals surface area contributed by atoms with E-state index in [1.54, 1.807) is 51.1 Å². The first-order valence-electron chi connectivity index (χ1n) is 9.80. The van der Waals surface area contributed by atoms with Gasteiger partial charge in [0, 0.05) is 6.07 Å². The zero-order valence-electron chi connectivity index (χ0n) is 17.8. The summed E-state index contributed by atoms with van der Waals surface area (Å²) in [4.78, 5) is 19.1. The molecule has 0 bridgehead atoms. The quantitative estimate of drug-likeness (QED) is 0.378. The summed E-state index contributed by atoms with van der Waals surface area (Å²) < 4.78 is 13.3. The van der Waals surface area contributed by atoms with Crippen molar-refractivity contribution in [3.05, 3.63) is 46.7 Å². The Balaban J connectivity index is 2.03. The van der Waals surface area contributed by atoms with Crippen molar-refractivity contribution in [2.75, 3.05) is 11.5 Å². The van der Waals surface area contributed by atoms with Gasteiger partial charge in [-0.3, -0.25) is 0 Å². The highest BCUT2D eigenvalue weighted by Crippen LogP contribution is 2.41. The lowest BCUT2D eigenvalue weighted by Gasteiger charge is -2.28. The molecule has 4 rings (SSSR count). The van der Waals surface area contributed by atoms with Gasteiger partial charge < -0.3 is 14.7 Å². The second-order valence-electron chi connectivity index (χ2n) is 7.89. The van der Waals surface area contributed by atoms with Crippen molar-refractivity contribution >= 4 is 57.5 Å². The third kappa shape index (κ3) is 3.78. The van der Waals surface area contributed by atoms with Crippen LogP contribution in [0.4, 0.5) is 16.3 Å². The zero-order chi connectivity index (χ0) is 23.2. The molecule has 0 aliphatic heterocycles. The molecule has 0 radical (unpaired) electrons. The van der Waals surface area contributed by atoms with E-state index < -0.39 is 11.7 Å². The molecule has 0 unspecified atom stereocenters. The van der Waals surface area contributed by atoms with E-state index >= 15 is 0 Å². The van der Waals surface area contributed by atoms with Gasteiger partial charge in [-0.25, -0.2) is 14.7 Å². The molecular weight excluding hydrogens is 457 g/mol. The Labute approximate surface area is 193 Å². The molecule has 0 saturated carbocycles. The molecule has 3 heterocycles. The van der Waals surface area contributed by atoms with Gasteiger partial charge in [-0.1, -0.05) is 23.2 Å². The summed E-state index contributed by atoms with van der Waals surface area (Å²) >= 11 is 12.6. The first-order chi connectivity index (χ1) is 15.1. The Morgan fingerprint density at radius 3 is 2.50 bits per heavy atom. The minimum absolute atomic E-state index is 0.0172. The van der Waals surface area contributed by atoms with E-state index in [1.165, 1.54) is 15.6 Å². The molecule has 0 aliphatic rings. The molecule has 168 valence electrons. The number of carbonyl (C=O) groups is 1. The van der Waals surface area contributed by atoms with Crippen LogP contribution in [0.15, 0.2) is 36.5 Å². The lowest BCUT2D eigenvalue weighted by molar-refractivity contribution is 0.0598. The third-order valence-corrected chi connectivity index (χ3v) is 5.29. The van der Waals surface area contributed by atoms with E-state index in [9.17, 15) is 10.0 Å². The maximum absolute atomic E-state index is 13.4. The largest absolute Gasteiger partial charge is 0.494 e. The minimum atomic E-state index is -0.777. The number of anilines is 2. The Kier molecular flexibility index (Phi) is 5.56. The predicted octanol–water partition coefficient (Wildman–Crippen LogP) is 5.70.